The van der Waals surface area contributed by atoms with Gasteiger partial charge in [0.1, 0.15) is 5.82 Å². The summed E-state index contributed by atoms with van der Waals surface area (Å²) in [6, 6.07) is 9.95. The van der Waals surface area contributed by atoms with Gasteiger partial charge in [-0.25, -0.2) is 4.98 Å². The molecule has 2 aromatic heterocycles. The third-order valence-electron chi connectivity index (χ3n) is 3.17. The van der Waals surface area contributed by atoms with Gasteiger partial charge in [0.05, 0.1) is 10.5 Å². The molecule has 0 aliphatic heterocycles. The SMILES string of the molecule is Cc1noc(-c2cccnc2NCc2ccc([N+](=O)[O-])cc2)n1. The number of hydrogen-bond donors (Lipinski definition) is 1. The van der Waals surface area contributed by atoms with E-state index in [4.69, 9.17) is 4.52 Å². The molecule has 1 N–H and O–H groups in total. The number of nitrogens with one attached hydrogen (secondary N) is 1. The number of nitro groups is 1. The first-order valence-electron chi connectivity index (χ1n) is 6.86. The maximum Gasteiger partial charge on any atom is 0.269 e. The Morgan fingerprint density at radius 2 is 2.04 bits per heavy atom. The van der Waals surface area contributed by atoms with Crippen LogP contribution in [0.5, 0.6) is 0 Å². The molecule has 0 unspecified atom stereocenters. The molecular weight excluding hydrogens is 298 g/mol. The molecule has 0 fully saturated rings. The van der Waals surface area contributed by atoms with Crippen LogP contribution in [-0.2, 0) is 6.54 Å². The van der Waals surface area contributed by atoms with E-state index in [1.807, 2.05) is 6.07 Å². The van der Waals surface area contributed by atoms with Crippen molar-refractivity contribution in [1.29, 1.82) is 0 Å². The zero-order valence-corrected chi connectivity index (χ0v) is 12.3. The fourth-order valence-corrected chi connectivity index (χ4v) is 2.05. The number of aromatic nitrogens is 3. The minimum atomic E-state index is -0.425. The van der Waals surface area contributed by atoms with E-state index in [0.717, 1.165) is 5.56 Å². The minimum Gasteiger partial charge on any atom is -0.365 e. The van der Waals surface area contributed by atoms with Gasteiger partial charge in [-0.15, -0.1) is 0 Å². The van der Waals surface area contributed by atoms with E-state index in [2.05, 4.69) is 20.4 Å². The normalized spacial score (nSPS) is 10.5. The van der Waals surface area contributed by atoms with Gasteiger partial charge in [-0.1, -0.05) is 17.3 Å². The van der Waals surface area contributed by atoms with Crippen molar-refractivity contribution in [3.05, 3.63) is 64.1 Å². The molecule has 0 saturated heterocycles. The van der Waals surface area contributed by atoms with Crippen LogP contribution in [0.4, 0.5) is 11.5 Å². The van der Waals surface area contributed by atoms with Gasteiger partial charge in [0.25, 0.3) is 11.6 Å². The van der Waals surface area contributed by atoms with Crippen LogP contribution >= 0.6 is 0 Å². The number of non-ortho nitro benzene ring substituents is 1. The Morgan fingerprint density at radius 1 is 1.26 bits per heavy atom. The Bertz CT molecular complexity index is 829. The van der Waals surface area contributed by atoms with Gasteiger partial charge in [0.15, 0.2) is 5.82 Å². The van der Waals surface area contributed by atoms with E-state index in [1.54, 1.807) is 31.3 Å². The number of nitro benzene ring substituents is 1. The Hall–Kier alpha value is -3.29. The standard InChI is InChI=1S/C15H13N5O3/c1-10-18-15(23-19-10)13-3-2-8-16-14(13)17-9-11-4-6-12(7-5-11)20(21)22/h2-8H,9H2,1H3,(H,16,17). The van der Waals surface area contributed by atoms with Crippen LogP contribution in [0.25, 0.3) is 11.5 Å². The van der Waals surface area contributed by atoms with E-state index in [0.29, 0.717) is 29.6 Å². The summed E-state index contributed by atoms with van der Waals surface area (Å²) < 4.78 is 5.17. The van der Waals surface area contributed by atoms with Crippen LogP contribution in [0.15, 0.2) is 47.1 Å². The lowest BCUT2D eigenvalue weighted by Crippen LogP contribution is -2.03. The first kappa shape index (κ1) is 14.6. The summed E-state index contributed by atoms with van der Waals surface area (Å²) in [6.07, 6.45) is 1.66. The van der Waals surface area contributed by atoms with E-state index >= 15 is 0 Å². The third-order valence-corrected chi connectivity index (χ3v) is 3.17. The van der Waals surface area contributed by atoms with Crippen molar-refractivity contribution in [3.63, 3.8) is 0 Å². The second kappa shape index (κ2) is 6.22. The van der Waals surface area contributed by atoms with Crippen LogP contribution in [0.3, 0.4) is 0 Å². The molecule has 8 nitrogen and oxygen atoms in total. The smallest absolute Gasteiger partial charge is 0.269 e. The van der Waals surface area contributed by atoms with Crippen LogP contribution in [0.2, 0.25) is 0 Å². The Labute approximate surface area is 131 Å². The van der Waals surface area contributed by atoms with Crippen molar-refractivity contribution < 1.29 is 9.45 Å². The quantitative estimate of drug-likeness (QED) is 0.570. The maximum atomic E-state index is 10.7. The molecule has 1 aromatic carbocycles. The number of benzene rings is 1. The second-order valence-electron chi connectivity index (χ2n) is 4.82. The lowest BCUT2D eigenvalue weighted by atomic mass is 10.2. The van der Waals surface area contributed by atoms with Crippen molar-refractivity contribution in [2.24, 2.45) is 0 Å². The van der Waals surface area contributed by atoms with Gasteiger partial charge in [-0.2, -0.15) is 4.98 Å². The number of pyridine rings is 1. The summed E-state index contributed by atoms with van der Waals surface area (Å²) in [4.78, 5) is 18.7. The van der Waals surface area contributed by atoms with Crippen LogP contribution in [0, 0.1) is 17.0 Å². The van der Waals surface area contributed by atoms with Crippen molar-refractivity contribution in [3.8, 4) is 11.5 Å². The number of rotatable bonds is 5. The average molecular weight is 311 g/mol. The highest BCUT2D eigenvalue weighted by Gasteiger charge is 2.12. The van der Waals surface area contributed by atoms with E-state index in [1.165, 1.54) is 12.1 Å². The molecule has 3 aromatic rings. The molecule has 23 heavy (non-hydrogen) atoms. The molecule has 0 radical (unpaired) electrons. The molecule has 0 amide bonds. The van der Waals surface area contributed by atoms with Crippen LogP contribution < -0.4 is 5.32 Å². The molecule has 0 aliphatic rings. The van der Waals surface area contributed by atoms with Crippen LogP contribution in [-0.4, -0.2) is 20.0 Å². The van der Waals surface area contributed by atoms with Gasteiger partial charge in [-0.05, 0) is 24.6 Å². The highest BCUT2D eigenvalue weighted by Crippen LogP contribution is 2.24. The summed E-state index contributed by atoms with van der Waals surface area (Å²) in [5.74, 6) is 1.54. The zero-order valence-electron chi connectivity index (χ0n) is 12.3. The molecule has 0 atom stereocenters. The van der Waals surface area contributed by atoms with Gasteiger partial charge in [0, 0.05) is 24.9 Å². The number of nitrogens with zero attached hydrogens (tertiary/aromatic N) is 4. The molecule has 0 spiro atoms. The van der Waals surface area contributed by atoms with Crippen molar-refractivity contribution in [2.75, 3.05) is 5.32 Å². The van der Waals surface area contributed by atoms with Gasteiger partial charge in [-0.3, -0.25) is 10.1 Å². The van der Waals surface area contributed by atoms with Crippen molar-refractivity contribution in [1.82, 2.24) is 15.1 Å². The van der Waals surface area contributed by atoms with E-state index < -0.39 is 4.92 Å². The van der Waals surface area contributed by atoms with Crippen LogP contribution in [0.1, 0.15) is 11.4 Å². The number of aryl methyl sites for hydroxylation is 1. The lowest BCUT2D eigenvalue weighted by Gasteiger charge is -2.08. The fraction of sp³-hybridized carbons (Fsp3) is 0.133. The van der Waals surface area contributed by atoms with E-state index in [-0.39, 0.29) is 5.69 Å². The highest BCUT2D eigenvalue weighted by atomic mass is 16.6. The lowest BCUT2D eigenvalue weighted by molar-refractivity contribution is -0.384. The molecule has 116 valence electrons. The predicted molar refractivity (Wildman–Crippen MR) is 82.7 cm³/mol. The maximum absolute atomic E-state index is 10.7. The van der Waals surface area contributed by atoms with Crippen molar-refractivity contribution >= 4 is 11.5 Å². The minimum absolute atomic E-state index is 0.0635. The largest absolute Gasteiger partial charge is 0.365 e. The first-order chi connectivity index (χ1) is 11.1. The second-order valence-corrected chi connectivity index (χ2v) is 4.82. The van der Waals surface area contributed by atoms with E-state index in [9.17, 15) is 10.1 Å². The van der Waals surface area contributed by atoms with Gasteiger partial charge in [0.2, 0.25) is 0 Å². The summed E-state index contributed by atoms with van der Waals surface area (Å²) >= 11 is 0. The monoisotopic (exact) mass is 311 g/mol. The topological polar surface area (TPSA) is 107 Å². The molecule has 8 heteroatoms. The molecule has 3 rings (SSSR count). The Balaban J connectivity index is 1.77. The molecular formula is C15H13N5O3. The summed E-state index contributed by atoms with van der Waals surface area (Å²) in [5.41, 5.74) is 1.66. The van der Waals surface area contributed by atoms with Crippen molar-refractivity contribution in [2.45, 2.75) is 13.5 Å². The molecule has 0 bridgehead atoms. The number of hydrogen-bond acceptors (Lipinski definition) is 7. The highest BCUT2D eigenvalue weighted by molar-refractivity contribution is 5.68. The predicted octanol–water partition coefficient (Wildman–Crippen LogP) is 2.96. The van der Waals surface area contributed by atoms with Gasteiger partial charge >= 0.3 is 0 Å². The fourth-order valence-electron chi connectivity index (χ4n) is 2.05. The Kier molecular flexibility index (Phi) is 3.96. The van der Waals surface area contributed by atoms with Gasteiger partial charge < -0.3 is 9.84 Å². The summed E-state index contributed by atoms with van der Waals surface area (Å²) in [6.45, 7) is 2.21. The molecule has 0 aliphatic carbocycles. The summed E-state index contributed by atoms with van der Waals surface area (Å²) in [5, 5.41) is 17.6. The molecule has 2 heterocycles. The third kappa shape index (κ3) is 3.31. The summed E-state index contributed by atoms with van der Waals surface area (Å²) in [7, 11) is 0. The number of anilines is 1. The average Bonchev–Trinajstić information content (AvgIpc) is 3.00. The zero-order chi connectivity index (χ0) is 16.2. The Morgan fingerprint density at radius 3 is 2.70 bits per heavy atom. The molecule has 0 saturated carbocycles. The first-order valence-corrected chi connectivity index (χ1v) is 6.86.